The molecule has 5 heteroatoms. The van der Waals surface area contributed by atoms with Gasteiger partial charge in [0, 0.05) is 11.4 Å². The first-order chi connectivity index (χ1) is 14.8. The Balaban J connectivity index is 1.35. The molecule has 0 aliphatic carbocycles. The number of hydrogen-bond acceptors (Lipinski definition) is 4. The monoisotopic (exact) mass is 418 g/mol. The number of para-hydroxylation sites is 2. The highest BCUT2D eigenvalue weighted by molar-refractivity contribution is 7.98. The van der Waals surface area contributed by atoms with Crippen LogP contribution in [0.5, 0.6) is 11.5 Å². The van der Waals surface area contributed by atoms with Gasteiger partial charge in [0.2, 0.25) is 0 Å². The largest absolute Gasteiger partial charge is 0.497 e. The Kier molecular flexibility index (Phi) is 6.93. The Morgan fingerprint density at radius 1 is 0.833 bits per heavy atom. The van der Waals surface area contributed by atoms with Gasteiger partial charge in [0.1, 0.15) is 17.3 Å². The first kappa shape index (κ1) is 20.4. The zero-order valence-corrected chi connectivity index (χ0v) is 18.0. The van der Waals surface area contributed by atoms with Crippen LogP contribution in [0.1, 0.15) is 18.7 Å². The number of ether oxygens (including phenoxy) is 2. The van der Waals surface area contributed by atoms with Gasteiger partial charge < -0.3 is 14.0 Å². The van der Waals surface area contributed by atoms with Crippen molar-refractivity contribution in [3.05, 3.63) is 84.7 Å². The molecule has 0 unspecified atom stereocenters. The lowest BCUT2D eigenvalue weighted by molar-refractivity contribution is 0.302. The van der Waals surface area contributed by atoms with Crippen LogP contribution < -0.4 is 9.47 Å². The molecule has 4 nitrogen and oxygen atoms in total. The van der Waals surface area contributed by atoms with E-state index in [0.717, 1.165) is 48.0 Å². The Bertz CT molecular complexity index is 1060. The molecule has 0 radical (unpaired) electrons. The van der Waals surface area contributed by atoms with Crippen LogP contribution in [-0.2, 0) is 12.3 Å². The van der Waals surface area contributed by atoms with Crippen LogP contribution in [0.25, 0.3) is 11.0 Å². The zero-order valence-electron chi connectivity index (χ0n) is 17.2. The fourth-order valence-electron chi connectivity index (χ4n) is 3.38. The Morgan fingerprint density at radius 2 is 1.57 bits per heavy atom. The summed E-state index contributed by atoms with van der Waals surface area (Å²) >= 11 is 1.83. The molecule has 0 fully saturated rings. The van der Waals surface area contributed by atoms with Gasteiger partial charge in [0.15, 0.2) is 0 Å². The van der Waals surface area contributed by atoms with Gasteiger partial charge in [0.25, 0.3) is 0 Å². The van der Waals surface area contributed by atoms with Crippen molar-refractivity contribution in [3.8, 4) is 11.5 Å². The normalized spacial score (nSPS) is 11.0. The van der Waals surface area contributed by atoms with E-state index in [-0.39, 0.29) is 0 Å². The van der Waals surface area contributed by atoms with Gasteiger partial charge in [0.05, 0.1) is 30.5 Å². The molecule has 0 saturated heterocycles. The molecule has 30 heavy (non-hydrogen) atoms. The molecule has 0 N–H and O–H groups in total. The molecule has 1 heterocycles. The van der Waals surface area contributed by atoms with Crippen molar-refractivity contribution >= 4 is 22.8 Å². The molecular weight excluding hydrogens is 392 g/mol. The minimum absolute atomic E-state index is 0.701. The van der Waals surface area contributed by atoms with Gasteiger partial charge in [-0.1, -0.05) is 30.3 Å². The smallest absolute Gasteiger partial charge is 0.120 e. The molecule has 0 atom stereocenters. The number of benzene rings is 3. The van der Waals surface area contributed by atoms with Gasteiger partial charge in [-0.3, -0.25) is 0 Å². The summed E-state index contributed by atoms with van der Waals surface area (Å²) in [5.74, 6) is 3.71. The van der Waals surface area contributed by atoms with E-state index in [0.29, 0.717) is 6.61 Å². The number of thioether (sulfide) groups is 1. The van der Waals surface area contributed by atoms with Crippen molar-refractivity contribution in [2.24, 2.45) is 0 Å². The van der Waals surface area contributed by atoms with Gasteiger partial charge in [-0.25, -0.2) is 4.98 Å². The standard InChI is InChI=1S/C25H26N2O2S/c1-28-20-13-15-21(16-14-20)29-18-8-7-17-27-24-12-6-5-11-23(24)26-25(27)19-30-22-9-3-2-4-10-22/h2-6,9-16H,7-8,17-19H2,1H3. The van der Waals surface area contributed by atoms with Crippen molar-refractivity contribution < 1.29 is 9.47 Å². The van der Waals surface area contributed by atoms with E-state index < -0.39 is 0 Å². The van der Waals surface area contributed by atoms with Crippen LogP contribution in [0.2, 0.25) is 0 Å². The lowest BCUT2D eigenvalue weighted by Gasteiger charge is -2.10. The predicted molar refractivity (Wildman–Crippen MR) is 123 cm³/mol. The van der Waals surface area contributed by atoms with Crippen LogP contribution in [-0.4, -0.2) is 23.3 Å². The number of aromatic nitrogens is 2. The molecular formula is C25H26N2O2S. The SMILES string of the molecule is COc1ccc(OCCCCn2c(CSc3ccccc3)nc3ccccc32)cc1. The summed E-state index contributed by atoms with van der Waals surface area (Å²) in [6.45, 7) is 1.64. The lowest BCUT2D eigenvalue weighted by Crippen LogP contribution is -2.05. The number of rotatable bonds is 10. The second-order valence-electron chi connectivity index (χ2n) is 7.00. The fourth-order valence-corrected chi connectivity index (χ4v) is 4.25. The summed E-state index contributed by atoms with van der Waals surface area (Å²) in [5, 5.41) is 0. The average Bonchev–Trinajstić information content (AvgIpc) is 3.16. The lowest BCUT2D eigenvalue weighted by atomic mass is 10.3. The number of imidazole rings is 1. The second-order valence-corrected chi connectivity index (χ2v) is 8.05. The maximum absolute atomic E-state index is 5.86. The van der Waals surface area contributed by atoms with Gasteiger partial charge >= 0.3 is 0 Å². The highest BCUT2D eigenvalue weighted by Crippen LogP contribution is 2.25. The molecule has 1 aromatic heterocycles. The van der Waals surface area contributed by atoms with Crippen LogP contribution in [0.4, 0.5) is 0 Å². The molecule has 0 bridgehead atoms. The van der Waals surface area contributed by atoms with Gasteiger partial charge in [-0.05, 0) is 61.4 Å². The third kappa shape index (κ3) is 5.16. The Labute approximate surface area is 181 Å². The van der Waals surface area contributed by atoms with Crippen LogP contribution in [0.3, 0.4) is 0 Å². The molecule has 0 amide bonds. The molecule has 4 aromatic rings. The Morgan fingerprint density at radius 3 is 2.37 bits per heavy atom. The number of fused-ring (bicyclic) bond motifs is 1. The topological polar surface area (TPSA) is 36.3 Å². The van der Waals surface area contributed by atoms with Crippen molar-refractivity contribution in [2.75, 3.05) is 13.7 Å². The first-order valence-corrected chi connectivity index (χ1v) is 11.2. The predicted octanol–water partition coefficient (Wildman–Crippen LogP) is 6.20. The van der Waals surface area contributed by atoms with Crippen molar-refractivity contribution in [2.45, 2.75) is 30.0 Å². The molecule has 0 saturated carbocycles. The number of hydrogen-bond donors (Lipinski definition) is 0. The maximum atomic E-state index is 5.86. The summed E-state index contributed by atoms with van der Waals surface area (Å²) in [7, 11) is 1.67. The van der Waals surface area contributed by atoms with E-state index >= 15 is 0 Å². The molecule has 3 aromatic carbocycles. The third-order valence-electron chi connectivity index (χ3n) is 4.95. The van der Waals surface area contributed by atoms with Gasteiger partial charge in [-0.2, -0.15) is 0 Å². The maximum Gasteiger partial charge on any atom is 0.120 e. The fraction of sp³-hybridized carbons (Fsp3) is 0.240. The minimum atomic E-state index is 0.701. The number of aryl methyl sites for hydroxylation is 1. The highest BCUT2D eigenvalue weighted by atomic mass is 32.2. The molecule has 0 aliphatic rings. The first-order valence-electron chi connectivity index (χ1n) is 10.2. The van der Waals surface area contributed by atoms with E-state index in [1.54, 1.807) is 7.11 Å². The van der Waals surface area contributed by atoms with E-state index in [9.17, 15) is 0 Å². The molecule has 4 rings (SSSR count). The summed E-state index contributed by atoms with van der Waals surface area (Å²) in [4.78, 5) is 6.16. The average molecular weight is 419 g/mol. The van der Waals surface area contributed by atoms with E-state index in [1.165, 1.54) is 10.4 Å². The number of methoxy groups -OCH3 is 1. The van der Waals surface area contributed by atoms with Gasteiger partial charge in [-0.15, -0.1) is 11.8 Å². The molecule has 0 aliphatic heterocycles. The minimum Gasteiger partial charge on any atom is -0.497 e. The highest BCUT2D eigenvalue weighted by Gasteiger charge is 2.10. The summed E-state index contributed by atoms with van der Waals surface area (Å²) in [5.41, 5.74) is 2.27. The molecule has 154 valence electrons. The van der Waals surface area contributed by atoms with Crippen LogP contribution in [0, 0.1) is 0 Å². The van der Waals surface area contributed by atoms with Crippen molar-refractivity contribution in [3.63, 3.8) is 0 Å². The van der Waals surface area contributed by atoms with Crippen LogP contribution >= 0.6 is 11.8 Å². The van der Waals surface area contributed by atoms with Crippen LogP contribution in [0.15, 0.2) is 83.8 Å². The van der Waals surface area contributed by atoms with E-state index in [2.05, 4.69) is 53.1 Å². The third-order valence-corrected chi connectivity index (χ3v) is 5.96. The quantitative estimate of drug-likeness (QED) is 0.227. The Hall–Kier alpha value is -2.92. The van der Waals surface area contributed by atoms with E-state index in [1.807, 2.05) is 42.1 Å². The number of unbranched alkanes of at least 4 members (excludes halogenated alkanes) is 1. The summed E-state index contributed by atoms with van der Waals surface area (Å²) in [6, 6.07) is 26.6. The molecule has 0 spiro atoms. The summed E-state index contributed by atoms with van der Waals surface area (Å²) in [6.07, 6.45) is 2.03. The van der Waals surface area contributed by atoms with E-state index in [4.69, 9.17) is 14.5 Å². The second kappa shape index (κ2) is 10.2. The summed E-state index contributed by atoms with van der Waals surface area (Å²) < 4.78 is 13.4. The number of nitrogens with zero attached hydrogens (tertiary/aromatic N) is 2. The van der Waals surface area contributed by atoms with Crippen molar-refractivity contribution in [1.82, 2.24) is 9.55 Å². The zero-order chi connectivity index (χ0) is 20.6. The van der Waals surface area contributed by atoms with Crippen molar-refractivity contribution in [1.29, 1.82) is 0 Å².